The van der Waals surface area contributed by atoms with Crippen molar-refractivity contribution in [2.75, 3.05) is 5.32 Å². The molecule has 0 aliphatic rings. The lowest BCUT2D eigenvalue weighted by Crippen LogP contribution is -2.15. The summed E-state index contributed by atoms with van der Waals surface area (Å²) < 4.78 is 0. The minimum absolute atomic E-state index is 0.103. The van der Waals surface area contributed by atoms with Crippen molar-refractivity contribution in [3.05, 3.63) is 63.7 Å². The lowest BCUT2D eigenvalue weighted by molar-refractivity contribution is -0.384. The lowest BCUT2D eigenvalue weighted by atomic mass is 10.1. The van der Waals surface area contributed by atoms with E-state index in [4.69, 9.17) is 5.11 Å². The van der Waals surface area contributed by atoms with Crippen molar-refractivity contribution in [1.82, 2.24) is 0 Å². The molecular weight excluding hydrogens is 292 g/mol. The number of amides is 1. The maximum absolute atomic E-state index is 12.0. The van der Waals surface area contributed by atoms with Gasteiger partial charge in [-0.15, -0.1) is 0 Å². The molecule has 0 radical (unpaired) electrons. The molecule has 0 unspecified atom stereocenters. The zero-order chi connectivity index (χ0) is 16.3. The first-order valence-corrected chi connectivity index (χ1v) is 5.99. The highest BCUT2D eigenvalue weighted by atomic mass is 16.6. The molecule has 0 heterocycles. The summed E-state index contributed by atoms with van der Waals surface area (Å²) in [6.45, 7) is 0. The zero-order valence-corrected chi connectivity index (χ0v) is 11.0. The minimum atomic E-state index is -1.39. The average Bonchev–Trinajstić information content (AvgIpc) is 2.49. The monoisotopic (exact) mass is 301 g/mol. The fourth-order valence-corrected chi connectivity index (χ4v) is 1.73. The number of nitro benzene ring substituents is 1. The molecule has 112 valence electrons. The first-order chi connectivity index (χ1) is 10.4. The topological polar surface area (TPSA) is 133 Å². The van der Waals surface area contributed by atoms with Gasteiger partial charge >= 0.3 is 5.97 Å². The van der Waals surface area contributed by atoms with Gasteiger partial charge in [0.1, 0.15) is 0 Å². The molecule has 0 spiro atoms. The third-order valence-corrected chi connectivity index (χ3v) is 2.83. The number of carbonyl (C=O) groups is 2. The second-order valence-corrected chi connectivity index (χ2v) is 4.25. The summed E-state index contributed by atoms with van der Waals surface area (Å²) in [4.78, 5) is 32.7. The van der Waals surface area contributed by atoms with E-state index in [1.54, 1.807) is 0 Å². The van der Waals surface area contributed by atoms with Gasteiger partial charge in [-0.3, -0.25) is 14.9 Å². The van der Waals surface area contributed by atoms with Crippen molar-refractivity contribution < 1.29 is 24.7 Å². The van der Waals surface area contributed by atoms with E-state index in [1.165, 1.54) is 24.3 Å². The molecule has 2 aromatic rings. The van der Waals surface area contributed by atoms with Gasteiger partial charge in [0.05, 0.1) is 10.5 Å². The molecule has 0 saturated carbocycles. The van der Waals surface area contributed by atoms with Gasteiger partial charge in [0, 0.05) is 23.4 Å². The Balaban J connectivity index is 2.24. The fraction of sp³-hybridized carbons (Fsp3) is 0. The molecule has 22 heavy (non-hydrogen) atoms. The van der Waals surface area contributed by atoms with Crippen LogP contribution in [0.25, 0.3) is 0 Å². The number of carboxylic acids is 1. The van der Waals surface area contributed by atoms with Crippen molar-refractivity contribution >= 4 is 23.3 Å². The summed E-state index contributed by atoms with van der Waals surface area (Å²) in [6.07, 6.45) is 0. The molecule has 1 amide bonds. The first kappa shape index (κ1) is 15.0. The molecule has 0 bridgehead atoms. The van der Waals surface area contributed by atoms with Crippen LogP contribution in [0.4, 0.5) is 11.4 Å². The predicted molar refractivity (Wildman–Crippen MR) is 73.9 cm³/mol. The third-order valence-electron chi connectivity index (χ3n) is 2.83. The van der Waals surface area contributed by atoms with Crippen LogP contribution in [-0.2, 0) is 0 Å². The molecule has 8 nitrogen and oxygen atoms in total. The number of nitrogens with zero attached hydrogens (tertiary/aromatic N) is 1. The predicted octanol–water partition coefficient (Wildman–Crippen LogP) is 1.62. The number of hydrogen-bond donors (Lipinski definition) is 2. The van der Waals surface area contributed by atoms with Crippen molar-refractivity contribution in [2.24, 2.45) is 0 Å². The number of nitro groups is 1. The maximum Gasteiger partial charge on any atom is 0.335 e. The molecule has 2 aromatic carbocycles. The van der Waals surface area contributed by atoms with E-state index in [2.05, 4.69) is 5.32 Å². The van der Waals surface area contributed by atoms with Crippen LogP contribution in [0.3, 0.4) is 0 Å². The van der Waals surface area contributed by atoms with Crippen LogP contribution in [-0.4, -0.2) is 21.9 Å². The van der Waals surface area contributed by atoms with Crippen molar-refractivity contribution in [2.45, 2.75) is 0 Å². The molecule has 0 aliphatic carbocycles. The number of carboxylic acid groups (broad SMARTS) is 1. The number of carbonyl (C=O) groups excluding carboxylic acids is 1. The van der Waals surface area contributed by atoms with Gasteiger partial charge in [0.25, 0.3) is 11.6 Å². The van der Waals surface area contributed by atoms with Crippen molar-refractivity contribution in [3.8, 4) is 5.75 Å². The minimum Gasteiger partial charge on any atom is -0.870 e. The van der Waals surface area contributed by atoms with Crippen molar-refractivity contribution in [1.29, 1.82) is 0 Å². The van der Waals surface area contributed by atoms with Crippen molar-refractivity contribution in [3.63, 3.8) is 0 Å². The molecule has 0 aliphatic heterocycles. The Hall–Kier alpha value is -3.42. The molecule has 0 fully saturated rings. The Morgan fingerprint density at radius 2 is 1.73 bits per heavy atom. The summed E-state index contributed by atoms with van der Waals surface area (Å²) in [5, 5.41) is 33.5. The summed E-state index contributed by atoms with van der Waals surface area (Å²) >= 11 is 0. The van der Waals surface area contributed by atoms with Crippen LogP contribution in [0.2, 0.25) is 0 Å². The number of rotatable bonds is 4. The van der Waals surface area contributed by atoms with E-state index in [-0.39, 0.29) is 16.9 Å². The Bertz CT molecular complexity index is 754. The van der Waals surface area contributed by atoms with Crippen LogP contribution in [0, 0.1) is 10.1 Å². The molecule has 0 atom stereocenters. The van der Waals surface area contributed by atoms with E-state index in [0.717, 1.165) is 18.2 Å². The Morgan fingerprint density at radius 3 is 2.27 bits per heavy atom. The molecule has 8 heteroatoms. The largest absolute Gasteiger partial charge is 0.870 e. The number of para-hydroxylation sites is 1. The van der Waals surface area contributed by atoms with E-state index >= 15 is 0 Å². The number of nitrogens with one attached hydrogen (secondary N) is 1. The van der Waals surface area contributed by atoms with Crippen LogP contribution in [0.1, 0.15) is 20.7 Å². The molecule has 0 aromatic heterocycles. The quantitative estimate of drug-likeness (QED) is 0.651. The summed E-state index contributed by atoms with van der Waals surface area (Å²) in [5.41, 5.74) is -0.704. The molecule has 0 saturated heterocycles. The smallest absolute Gasteiger partial charge is 0.335 e. The highest BCUT2D eigenvalue weighted by Gasteiger charge is 2.12. The number of benzene rings is 2. The second-order valence-electron chi connectivity index (χ2n) is 4.25. The number of anilines is 1. The van der Waals surface area contributed by atoms with Gasteiger partial charge in [-0.1, -0.05) is 11.8 Å². The Morgan fingerprint density at radius 1 is 1.09 bits per heavy atom. The van der Waals surface area contributed by atoms with E-state index < -0.39 is 28.1 Å². The van der Waals surface area contributed by atoms with Crippen LogP contribution in [0.5, 0.6) is 5.75 Å². The van der Waals surface area contributed by atoms with Gasteiger partial charge < -0.3 is 15.5 Å². The Labute approximate surface area is 123 Å². The van der Waals surface area contributed by atoms with Gasteiger partial charge in [0.15, 0.2) is 0 Å². The number of non-ortho nitro benzene ring substituents is 1. The van der Waals surface area contributed by atoms with Crippen LogP contribution >= 0.6 is 0 Å². The highest BCUT2D eigenvalue weighted by molar-refractivity contribution is 6.06. The lowest BCUT2D eigenvalue weighted by Gasteiger charge is -2.16. The number of hydrogen-bond acceptors (Lipinski definition) is 5. The SMILES string of the molecule is O=C(Nc1cccc(C(=O)O)c1[O-])c1ccc([N+](=O)[O-])cc1. The fourth-order valence-electron chi connectivity index (χ4n) is 1.73. The summed E-state index contributed by atoms with van der Waals surface area (Å²) in [6, 6.07) is 8.51. The number of aromatic carboxylic acids is 1. The van der Waals surface area contributed by atoms with Gasteiger partial charge in [-0.2, -0.15) is 0 Å². The average molecular weight is 301 g/mol. The first-order valence-electron chi connectivity index (χ1n) is 5.99. The van der Waals surface area contributed by atoms with E-state index in [1.807, 2.05) is 0 Å². The van der Waals surface area contributed by atoms with Crippen LogP contribution in [0.15, 0.2) is 42.5 Å². The van der Waals surface area contributed by atoms with Gasteiger partial charge in [-0.25, -0.2) is 4.79 Å². The highest BCUT2D eigenvalue weighted by Crippen LogP contribution is 2.25. The standard InChI is InChI=1S/C14H10N2O6/c17-12-10(14(19)20)2-1-3-11(12)15-13(18)8-4-6-9(7-5-8)16(21)22/h1-7,17H,(H,15,18)(H,19,20)/p-1. The molecular formula is C14H9N2O6-. The normalized spacial score (nSPS) is 10.0. The second kappa shape index (κ2) is 5.92. The Kier molecular flexibility index (Phi) is 4.03. The summed E-state index contributed by atoms with van der Waals surface area (Å²) in [7, 11) is 0. The summed E-state index contributed by atoms with van der Waals surface area (Å²) in [5.74, 6) is -2.88. The van der Waals surface area contributed by atoms with Crippen LogP contribution < -0.4 is 10.4 Å². The third kappa shape index (κ3) is 3.01. The maximum atomic E-state index is 12.0. The zero-order valence-electron chi connectivity index (χ0n) is 11.0. The molecule has 2 rings (SSSR count). The van der Waals surface area contributed by atoms with E-state index in [9.17, 15) is 24.8 Å². The molecule has 2 N–H and O–H groups in total. The van der Waals surface area contributed by atoms with E-state index in [0.29, 0.717) is 0 Å². The van der Waals surface area contributed by atoms with Gasteiger partial charge in [-0.05, 0) is 24.3 Å². The van der Waals surface area contributed by atoms with Gasteiger partial charge in [0.2, 0.25) is 0 Å².